The fraction of sp³-hybridized carbons (Fsp3) is 0.360. The number of fused-ring (bicyclic) bond motifs is 2. The standard InChI is InChI=1S/C25H30N6O3S/c1-4-30(5-2)13-8-14-31-23(33)18-9-6-7-10-19(18)29-25(31)35-16(3)22(32)26-17-11-12-20-21(15-17)28-24(34)27-20/h6-7,9-12,15-16H,4-5,8,13-14H2,1-3H3,(H,26,32)(H2,27,28,34). The molecule has 0 aliphatic heterocycles. The fourth-order valence-electron chi connectivity index (χ4n) is 3.99. The van der Waals surface area contributed by atoms with Crippen LogP contribution in [0.15, 0.2) is 57.2 Å². The first-order chi connectivity index (χ1) is 16.9. The topological polar surface area (TPSA) is 116 Å². The number of anilines is 1. The Hall–Kier alpha value is -3.37. The normalized spacial score (nSPS) is 12.5. The highest BCUT2D eigenvalue weighted by Gasteiger charge is 2.20. The summed E-state index contributed by atoms with van der Waals surface area (Å²) in [7, 11) is 0. The quantitative estimate of drug-likeness (QED) is 0.230. The van der Waals surface area contributed by atoms with Crippen molar-refractivity contribution in [1.82, 2.24) is 24.4 Å². The lowest BCUT2D eigenvalue weighted by atomic mass is 10.2. The Bertz CT molecular complexity index is 1450. The second-order valence-electron chi connectivity index (χ2n) is 8.34. The van der Waals surface area contributed by atoms with E-state index in [9.17, 15) is 14.4 Å². The Kier molecular flexibility index (Phi) is 7.72. The number of H-pyrrole nitrogens is 2. The number of hydrogen-bond donors (Lipinski definition) is 3. The van der Waals surface area contributed by atoms with Crippen LogP contribution < -0.4 is 16.6 Å². The highest BCUT2D eigenvalue weighted by molar-refractivity contribution is 8.00. The van der Waals surface area contributed by atoms with Crippen molar-refractivity contribution in [3.63, 3.8) is 0 Å². The molecule has 0 aliphatic rings. The fourth-order valence-corrected chi connectivity index (χ4v) is 4.93. The molecule has 2 aromatic heterocycles. The first kappa shape index (κ1) is 24.7. The van der Waals surface area contributed by atoms with Crippen molar-refractivity contribution in [3.05, 3.63) is 63.3 Å². The number of nitrogens with one attached hydrogen (secondary N) is 3. The van der Waals surface area contributed by atoms with Gasteiger partial charge in [-0.1, -0.05) is 37.7 Å². The van der Waals surface area contributed by atoms with Gasteiger partial charge in [0.15, 0.2) is 5.16 Å². The molecule has 1 atom stereocenters. The van der Waals surface area contributed by atoms with E-state index in [0.29, 0.717) is 39.3 Å². The van der Waals surface area contributed by atoms with Gasteiger partial charge in [-0.05, 0) is 63.3 Å². The van der Waals surface area contributed by atoms with Crippen molar-refractivity contribution in [2.24, 2.45) is 0 Å². The molecule has 0 spiro atoms. The average Bonchev–Trinajstić information content (AvgIpc) is 3.22. The first-order valence-corrected chi connectivity index (χ1v) is 12.7. The van der Waals surface area contributed by atoms with Gasteiger partial charge in [-0.2, -0.15) is 0 Å². The molecule has 1 unspecified atom stereocenters. The summed E-state index contributed by atoms with van der Waals surface area (Å²) in [4.78, 5) is 50.2. The number of aromatic amines is 2. The van der Waals surface area contributed by atoms with E-state index in [1.54, 1.807) is 35.8 Å². The van der Waals surface area contributed by atoms with Crippen LogP contribution in [-0.2, 0) is 11.3 Å². The third kappa shape index (κ3) is 5.66. The van der Waals surface area contributed by atoms with Crippen molar-refractivity contribution in [3.8, 4) is 0 Å². The number of nitrogens with zero attached hydrogens (tertiary/aromatic N) is 3. The summed E-state index contributed by atoms with van der Waals surface area (Å²) in [6.07, 6.45) is 0.810. The van der Waals surface area contributed by atoms with E-state index in [2.05, 4.69) is 34.0 Å². The van der Waals surface area contributed by atoms with Gasteiger partial charge in [0.25, 0.3) is 5.56 Å². The van der Waals surface area contributed by atoms with Gasteiger partial charge in [0.05, 0.1) is 27.2 Å². The number of hydrogen-bond acceptors (Lipinski definition) is 6. The SMILES string of the molecule is CCN(CC)CCCn1c(SC(C)C(=O)Nc2ccc3[nH]c(=O)[nH]c3c2)nc2ccccc2c1=O. The van der Waals surface area contributed by atoms with Gasteiger partial charge in [0.2, 0.25) is 5.91 Å². The molecule has 35 heavy (non-hydrogen) atoms. The lowest BCUT2D eigenvalue weighted by Crippen LogP contribution is -2.29. The summed E-state index contributed by atoms with van der Waals surface area (Å²) < 4.78 is 1.69. The molecule has 9 nitrogen and oxygen atoms in total. The molecule has 4 rings (SSSR count). The molecular weight excluding hydrogens is 464 g/mol. The summed E-state index contributed by atoms with van der Waals surface area (Å²) in [5.74, 6) is -0.218. The molecule has 2 heterocycles. The number of rotatable bonds is 10. The Morgan fingerprint density at radius 1 is 1.11 bits per heavy atom. The molecule has 0 bridgehead atoms. The lowest BCUT2D eigenvalue weighted by molar-refractivity contribution is -0.115. The Balaban J connectivity index is 1.55. The number of thioether (sulfide) groups is 1. The summed E-state index contributed by atoms with van der Waals surface area (Å²) >= 11 is 1.27. The van der Waals surface area contributed by atoms with Crippen LogP contribution in [0.1, 0.15) is 27.2 Å². The number of carbonyl (C=O) groups excluding carboxylic acids is 1. The molecular formula is C25H30N6O3S. The summed E-state index contributed by atoms with van der Waals surface area (Å²) in [6, 6.07) is 12.5. The molecule has 2 aromatic carbocycles. The zero-order valence-corrected chi connectivity index (χ0v) is 20.9. The van der Waals surface area contributed by atoms with E-state index in [4.69, 9.17) is 4.98 Å². The van der Waals surface area contributed by atoms with Crippen molar-refractivity contribution in [2.75, 3.05) is 25.0 Å². The van der Waals surface area contributed by atoms with E-state index in [0.717, 1.165) is 26.1 Å². The van der Waals surface area contributed by atoms with E-state index in [1.165, 1.54) is 11.8 Å². The monoisotopic (exact) mass is 494 g/mol. The van der Waals surface area contributed by atoms with Crippen LogP contribution >= 0.6 is 11.8 Å². The van der Waals surface area contributed by atoms with E-state index < -0.39 is 5.25 Å². The van der Waals surface area contributed by atoms with Crippen LogP contribution in [0.4, 0.5) is 5.69 Å². The average molecular weight is 495 g/mol. The molecule has 4 aromatic rings. The molecule has 1 amide bonds. The predicted molar refractivity (Wildman–Crippen MR) is 141 cm³/mol. The molecule has 0 saturated carbocycles. The van der Waals surface area contributed by atoms with Gasteiger partial charge < -0.3 is 20.2 Å². The van der Waals surface area contributed by atoms with Gasteiger partial charge >= 0.3 is 5.69 Å². The van der Waals surface area contributed by atoms with Crippen LogP contribution in [0.25, 0.3) is 21.9 Å². The predicted octanol–water partition coefficient (Wildman–Crippen LogP) is 3.42. The van der Waals surface area contributed by atoms with Crippen LogP contribution in [0.5, 0.6) is 0 Å². The highest BCUT2D eigenvalue weighted by atomic mass is 32.2. The Morgan fingerprint density at radius 2 is 1.86 bits per heavy atom. The van der Waals surface area contributed by atoms with E-state index in [-0.39, 0.29) is 17.2 Å². The third-order valence-electron chi connectivity index (χ3n) is 6.01. The van der Waals surface area contributed by atoms with Gasteiger partial charge in [-0.3, -0.25) is 14.2 Å². The number of para-hydroxylation sites is 1. The maximum absolute atomic E-state index is 13.3. The minimum absolute atomic E-state index is 0.0906. The van der Waals surface area contributed by atoms with Gasteiger partial charge in [0.1, 0.15) is 0 Å². The third-order valence-corrected chi connectivity index (χ3v) is 7.10. The maximum atomic E-state index is 13.3. The number of carbonyl (C=O) groups is 1. The second-order valence-corrected chi connectivity index (χ2v) is 9.65. The van der Waals surface area contributed by atoms with Crippen molar-refractivity contribution >= 4 is 45.3 Å². The second kappa shape index (κ2) is 10.9. The lowest BCUT2D eigenvalue weighted by Gasteiger charge is -2.20. The summed E-state index contributed by atoms with van der Waals surface area (Å²) in [5.41, 5.74) is 2.10. The largest absolute Gasteiger partial charge is 0.325 e. The summed E-state index contributed by atoms with van der Waals surface area (Å²) in [5, 5.41) is 3.49. The maximum Gasteiger partial charge on any atom is 0.323 e. The minimum atomic E-state index is -0.502. The van der Waals surface area contributed by atoms with Crippen LogP contribution in [-0.4, -0.2) is 55.2 Å². The smallest absolute Gasteiger partial charge is 0.323 e. The molecule has 184 valence electrons. The molecule has 0 aliphatic carbocycles. The zero-order chi connectivity index (χ0) is 24.9. The van der Waals surface area contributed by atoms with Crippen LogP contribution in [0.3, 0.4) is 0 Å². The number of imidazole rings is 1. The van der Waals surface area contributed by atoms with Crippen LogP contribution in [0.2, 0.25) is 0 Å². The number of benzene rings is 2. The number of aromatic nitrogens is 4. The van der Waals surface area contributed by atoms with Crippen LogP contribution in [0, 0.1) is 0 Å². The molecule has 0 saturated heterocycles. The van der Waals surface area contributed by atoms with Crippen molar-refractivity contribution in [2.45, 2.75) is 44.1 Å². The van der Waals surface area contributed by atoms with Gasteiger partial charge in [-0.25, -0.2) is 9.78 Å². The van der Waals surface area contributed by atoms with E-state index in [1.807, 2.05) is 18.2 Å². The molecule has 10 heteroatoms. The summed E-state index contributed by atoms with van der Waals surface area (Å²) in [6.45, 7) is 9.38. The Labute approximate surface area is 206 Å². The molecule has 3 N–H and O–H groups in total. The van der Waals surface area contributed by atoms with Gasteiger partial charge in [-0.15, -0.1) is 0 Å². The minimum Gasteiger partial charge on any atom is -0.325 e. The molecule has 0 radical (unpaired) electrons. The zero-order valence-electron chi connectivity index (χ0n) is 20.1. The first-order valence-electron chi connectivity index (χ1n) is 11.8. The van der Waals surface area contributed by atoms with E-state index >= 15 is 0 Å². The highest BCUT2D eigenvalue weighted by Crippen LogP contribution is 2.24. The van der Waals surface area contributed by atoms with Gasteiger partial charge in [0, 0.05) is 12.2 Å². The van der Waals surface area contributed by atoms with Crippen molar-refractivity contribution in [1.29, 1.82) is 0 Å². The molecule has 0 fully saturated rings. The Morgan fingerprint density at radius 3 is 2.63 bits per heavy atom. The van der Waals surface area contributed by atoms with Crippen molar-refractivity contribution < 1.29 is 4.79 Å². The number of amides is 1.